The van der Waals surface area contributed by atoms with E-state index in [0.29, 0.717) is 16.5 Å². The number of anilines is 1. The molecule has 0 saturated heterocycles. The largest absolute Gasteiger partial charge is 0.481 e. The van der Waals surface area contributed by atoms with E-state index in [1.54, 1.807) is 25.4 Å². The molecule has 0 fully saturated rings. The van der Waals surface area contributed by atoms with Crippen LogP contribution in [0.2, 0.25) is 5.02 Å². The molecule has 0 bridgehead atoms. The van der Waals surface area contributed by atoms with Gasteiger partial charge in [-0.3, -0.25) is 9.59 Å². The number of ketones is 1. The third kappa shape index (κ3) is 6.07. The monoisotopic (exact) mass is 456 g/mol. The maximum Gasteiger partial charge on any atom is 0.303 e. The maximum absolute atomic E-state index is 13.2. The van der Waals surface area contributed by atoms with E-state index in [2.05, 4.69) is 19.9 Å². The van der Waals surface area contributed by atoms with Crippen LogP contribution in [0.4, 0.5) is 5.95 Å². The lowest BCUT2D eigenvalue weighted by Gasteiger charge is -2.11. The zero-order valence-corrected chi connectivity index (χ0v) is 19.2. The quantitative estimate of drug-likeness (QED) is 0.289. The van der Waals surface area contributed by atoms with Crippen LogP contribution in [0, 0.1) is 5.92 Å². The number of aliphatic carboxylic acids is 1. The van der Waals surface area contributed by atoms with Crippen molar-refractivity contribution in [3.8, 4) is 0 Å². The highest BCUT2D eigenvalue weighted by molar-refractivity contribution is 6.31. The molecule has 8 heteroatoms. The predicted octanol–water partition coefficient (Wildman–Crippen LogP) is 5.13. The summed E-state index contributed by atoms with van der Waals surface area (Å²) in [7, 11) is 1.97. The lowest BCUT2D eigenvalue weighted by Crippen LogP contribution is -2.12. The van der Waals surface area contributed by atoms with Gasteiger partial charge in [0.2, 0.25) is 5.95 Å². The van der Waals surface area contributed by atoms with Gasteiger partial charge >= 0.3 is 5.97 Å². The van der Waals surface area contributed by atoms with Crippen LogP contribution in [-0.2, 0) is 18.3 Å². The molecule has 0 aliphatic heterocycles. The van der Waals surface area contributed by atoms with Crippen LogP contribution >= 0.6 is 11.6 Å². The first kappa shape index (κ1) is 23.7. The summed E-state index contributed by atoms with van der Waals surface area (Å²) in [6, 6.07) is 7.37. The van der Waals surface area contributed by atoms with Crippen molar-refractivity contribution in [2.75, 3.05) is 11.9 Å². The minimum Gasteiger partial charge on any atom is -0.481 e. The molecule has 0 aliphatic carbocycles. The number of aryl methyl sites for hydroxylation is 1. The Bertz CT molecular complexity index is 1080. The second-order valence-electron chi connectivity index (χ2n) is 8.18. The average molecular weight is 457 g/mol. The van der Waals surface area contributed by atoms with E-state index in [4.69, 9.17) is 16.7 Å². The van der Waals surface area contributed by atoms with Gasteiger partial charge in [-0.25, -0.2) is 9.97 Å². The number of nitrogens with zero attached hydrogens (tertiary/aromatic N) is 3. The van der Waals surface area contributed by atoms with E-state index in [9.17, 15) is 9.59 Å². The fraction of sp³-hybridized carbons (Fsp3) is 0.417. The first-order valence-corrected chi connectivity index (χ1v) is 11.3. The van der Waals surface area contributed by atoms with Crippen molar-refractivity contribution in [2.45, 2.75) is 45.4 Å². The summed E-state index contributed by atoms with van der Waals surface area (Å²) in [6.07, 6.45) is 7.24. The minimum atomic E-state index is -0.888. The Kier molecular flexibility index (Phi) is 8.22. The van der Waals surface area contributed by atoms with Crippen molar-refractivity contribution >= 4 is 40.2 Å². The summed E-state index contributed by atoms with van der Waals surface area (Å²) in [5.74, 6) is -0.513. The molecule has 2 heterocycles. The number of halogens is 1. The summed E-state index contributed by atoms with van der Waals surface area (Å²) in [5, 5.41) is 13.7. The van der Waals surface area contributed by atoms with Crippen molar-refractivity contribution in [3.63, 3.8) is 0 Å². The number of aromatic nitrogens is 3. The summed E-state index contributed by atoms with van der Waals surface area (Å²) in [5.41, 5.74) is 2.62. The van der Waals surface area contributed by atoms with Gasteiger partial charge in [-0.1, -0.05) is 24.9 Å². The van der Waals surface area contributed by atoms with Gasteiger partial charge in [-0.2, -0.15) is 0 Å². The smallest absolute Gasteiger partial charge is 0.303 e. The van der Waals surface area contributed by atoms with Crippen LogP contribution in [0.5, 0.6) is 0 Å². The van der Waals surface area contributed by atoms with E-state index in [1.807, 2.05) is 25.2 Å². The summed E-state index contributed by atoms with van der Waals surface area (Å²) >= 11 is 6.23. The standard InChI is InChI=1S/C24H29ClN4O3/c1-16(14-22(31)32)13-21(30)23-18-15-17(25)8-9-19(18)29(2)20(23)7-4-3-5-10-26-24-27-11-6-12-28-24/h6,8-9,11-12,15-16H,3-5,7,10,13-14H2,1-2H3,(H,31,32)(H,26,27,28)/t16-/m0/s1. The molecular formula is C24H29ClN4O3. The lowest BCUT2D eigenvalue weighted by molar-refractivity contribution is -0.137. The van der Waals surface area contributed by atoms with Crippen molar-refractivity contribution in [1.29, 1.82) is 0 Å². The van der Waals surface area contributed by atoms with Crippen LogP contribution in [0.25, 0.3) is 10.9 Å². The highest BCUT2D eigenvalue weighted by atomic mass is 35.5. The highest BCUT2D eigenvalue weighted by Gasteiger charge is 2.23. The third-order valence-corrected chi connectivity index (χ3v) is 5.79. The Labute approximate surface area is 192 Å². The lowest BCUT2D eigenvalue weighted by atomic mass is 9.94. The van der Waals surface area contributed by atoms with Gasteiger partial charge in [0.1, 0.15) is 0 Å². The molecule has 32 heavy (non-hydrogen) atoms. The number of carbonyl (C=O) groups is 2. The predicted molar refractivity (Wildman–Crippen MR) is 126 cm³/mol. The first-order valence-electron chi connectivity index (χ1n) is 10.9. The molecular weight excluding hydrogens is 428 g/mol. The van der Waals surface area contributed by atoms with Crippen LogP contribution in [-0.4, -0.2) is 37.9 Å². The summed E-state index contributed by atoms with van der Waals surface area (Å²) in [6.45, 7) is 2.58. The number of hydrogen-bond donors (Lipinski definition) is 2. The number of carboxylic acids is 1. The molecule has 3 rings (SSSR count). The Morgan fingerprint density at radius 2 is 1.91 bits per heavy atom. The molecule has 0 unspecified atom stereocenters. The second-order valence-corrected chi connectivity index (χ2v) is 8.62. The Morgan fingerprint density at radius 3 is 2.62 bits per heavy atom. The molecule has 0 amide bonds. The zero-order valence-electron chi connectivity index (χ0n) is 18.5. The molecule has 2 aromatic heterocycles. The summed E-state index contributed by atoms with van der Waals surface area (Å²) < 4.78 is 2.07. The number of carboxylic acid groups (broad SMARTS) is 1. The molecule has 0 radical (unpaired) electrons. The van der Waals surface area contributed by atoms with Crippen molar-refractivity contribution in [2.24, 2.45) is 13.0 Å². The van der Waals surface area contributed by atoms with Crippen molar-refractivity contribution in [3.05, 3.63) is 52.9 Å². The molecule has 2 N–H and O–H groups in total. The molecule has 7 nitrogen and oxygen atoms in total. The zero-order chi connectivity index (χ0) is 23.1. The van der Waals surface area contributed by atoms with Crippen molar-refractivity contribution < 1.29 is 14.7 Å². The molecule has 170 valence electrons. The molecule has 0 aliphatic rings. The van der Waals surface area contributed by atoms with Gasteiger partial charge in [0.25, 0.3) is 0 Å². The Balaban J connectivity index is 1.69. The summed E-state index contributed by atoms with van der Waals surface area (Å²) in [4.78, 5) is 32.5. The number of fused-ring (bicyclic) bond motifs is 1. The fourth-order valence-electron chi connectivity index (χ4n) is 4.05. The van der Waals surface area contributed by atoms with Crippen LogP contribution in [0.3, 0.4) is 0 Å². The molecule has 3 aromatic rings. The SMILES string of the molecule is C[C@H](CC(=O)O)CC(=O)c1c(CCCCCNc2ncccn2)n(C)c2ccc(Cl)cc12. The van der Waals surface area contributed by atoms with E-state index in [-0.39, 0.29) is 24.5 Å². The number of unbranched alkanes of at least 4 members (excludes halogenated alkanes) is 2. The molecule has 1 atom stereocenters. The fourth-order valence-corrected chi connectivity index (χ4v) is 4.22. The number of carbonyl (C=O) groups excluding carboxylic acids is 1. The van der Waals surface area contributed by atoms with E-state index in [1.165, 1.54) is 0 Å². The highest BCUT2D eigenvalue weighted by Crippen LogP contribution is 2.31. The van der Waals surface area contributed by atoms with Crippen LogP contribution in [0.15, 0.2) is 36.7 Å². The normalized spacial score (nSPS) is 12.1. The van der Waals surface area contributed by atoms with Crippen LogP contribution in [0.1, 0.15) is 55.1 Å². The maximum atomic E-state index is 13.2. The first-order chi connectivity index (χ1) is 15.4. The molecule has 0 spiro atoms. The number of benzene rings is 1. The third-order valence-electron chi connectivity index (χ3n) is 5.56. The van der Waals surface area contributed by atoms with Gasteiger partial charge in [-0.05, 0) is 49.4 Å². The van der Waals surface area contributed by atoms with E-state index >= 15 is 0 Å². The van der Waals surface area contributed by atoms with Crippen molar-refractivity contribution in [1.82, 2.24) is 14.5 Å². The Morgan fingerprint density at radius 1 is 1.16 bits per heavy atom. The van der Waals surface area contributed by atoms with E-state index < -0.39 is 5.97 Å². The van der Waals surface area contributed by atoms with Crippen LogP contribution < -0.4 is 5.32 Å². The number of nitrogens with one attached hydrogen (secondary N) is 1. The van der Waals surface area contributed by atoms with Gasteiger partial charge in [0.15, 0.2) is 5.78 Å². The Hall–Kier alpha value is -2.93. The van der Waals surface area contributed by atoms with E-state index in [0.717, 1.165) is 48.8 Å². The van der Waals surface area contributed by atoms with Gasteiger partial charge in [0.05, 0.1) is 0 Å². The number of rotatable bonds is 12. The minimum absolute atomic E-state index is 0.0231. The number of Topliss-reactive ketones (excluding diaryl/α,β-unsaturated/α-hetero) is 1. The number of hydrogen-bond acceptors (Lipinski definition) is 5. The molecule has 1 aromatic carbocycles. The van der Waals surface area contributed by atoms with Gasteiger partial charge < -0.3 is 15.0 Å². The average Bonchev–Trinajstić information content (AvgIpc) is 3.01. The van der Waals surface area contributed by atoms with Gasteiger partial charge in [0, 0.05) is 66.0 Å². The topological polar surface area (TPSA) is 97.1 Å². The molecule has 0 saturated carbocycles. The second kappa shape index (κ2) is 11.1. The van der Waals surface area contributed by atoms with Gasteiger partial charge in [-0.15, -0.1) is 0 Å².